The molecular formula is C24H34N2O. The summed E-state index contributed by atoms with van der Waals surface area (Å²) in [5, 5.41) is 9.50. The molecule has 27 heavy (non-hydrogen) atoms. The molecule has 3 heteroatoms. The van der Waals surface area contributed by atoms with Gasteiger partial charge in [0.05, 0.1) is 6.61 Å². The molecule has 0 spiro atoms. The second-order valence-electron chi connectivity index (χ2n) is 8.49. The molecule has 0 amide bonds. The number of aryl methyl sites for hydroxylation is 1. The lowest BCUT2D eigenvalue weighted by Crippen LogP contribution is -2.40. The van der Waals surface area contributed by atoms with Gasteiger partial charge in [0, 0.05) is 17.4 Å². The quantitative estimate of drug-likeness (QED) is 0.765. The average molecular weight is 367 g/mol. The molecule has 0 saturated heterocycles. The molecule has 0 aromatic carbocycles. The van der Waals surface area contributed by atoms with Gasteiger partial charge < -0.3 is 10.8 Å². The minimum absolute atomic E-state index is 0.0748. The number of rotatable bonds is 6. The first-order valence-corrected chi connectivity index (χ1v) is 10.4. The Hall–Kier alpha value is -1.71. The Morgan fingerprint density at radius 2 is 2.22 bits per heavy atom. The monoisotopic (exact) mass is 366 g/mol. The van der Waals surface area contributed by atoms with E-state index >= 15 is 0 Å². The van der Waals surface area contributed by atoms with Crippen molar-refractivity contribution in [3.8, 4) is 0 Å². The highest BCUT2D eigenvalue weighted by atomic mass is 16.3. The van der Waals surface area contributed by atoms with E-state index in [9.17, 15) is 5.11 Å². The second-order valence-corrected chi connectivity index (χ2v) is 8.49. The van der Waals surface area contributed by atoms with Crippen LogP contribution in [0.4, 0.5) is 0 Å². The maximum Gasteiger partial charge on any atom is 0.0611 e. The van der Waals surface area contributed by atoms with Crippen LogP contribution in [0.1, 0.15) is 57.6 Å². The third kappa shape index (κ3) is 5.18. The summed E-state index contributed by atoms with van der Waals surface area (Å²) >= 11 is 0. The van der Waals surface area contributed by atoms with Crippen LogP contribution >= 0.6 is 0 Å². The molecule has 1 heterocycles. The van der Waals surface area contributed by atoms with Gasteiger partial charge in [0.2, 0.25) is 0 Å². The van der Waals surface area contributed by atoms with Crippen molar-refractivity contribution in [2.75, 3.05) is 6.61 Å². The van der Waals surface area contributed by atoms with Crippen LogP contribution in [-0.4, -0.2) is 22.2 Å². The number of hydrogen-bond acceptors (Lipinski definition) is 3. The highest BCUT2D eigenvalue weighted by Gasteiger charge is 2.36. The summed E-state index contributed by atoms with van der Waals surface area (Å²) < 4.78 is 0. The zero-order valence-corrected chi connectivity index (χ0v) is 16.7. The highest BCUT2D eigenvalue weighted by Crippen LogP contribution is 2.40. The fourth-order valence-corrected chi connectivity index (χ4v) is 4.64. The lowest BCUT2D eigenvalue weighted by Gasteiger charge is -2.27. The van der Waals surface area contributed by atoms with Crippen LogP contribution in [0.2, 0.25) is 0 Å². The Morgan fingerprint density at radius 1 is 1.37 bits per heavy atom. The minimum atomic E-state index is -0.404. The molecule has 3 atom stereocenters. The highest BCUT2D eigenvalue weighted by molar-refractivity contribution is 5.39. The van der Waals surface area contributed by atoms with Gasteiger partial charge in [-0.3, -0.25) is 4.98 Å². The van der Waals surface area contributed by atoms with Crippen LogP contribution in [0.3, 0.4) is 0 Å². The zero-order chi connectivity index (χ0) is 19.3. The van der Waals surface area contributed by atoms with Crippen molar-refractivity contribution in [1.29, 1.82) is 0 Å². The van der Waals surface area contributed by atoms with Crippen LogP contribution in [0, 0.1) is 11.8 Å². The van der Waals surface area contributed by atoms with Crippen LogP contribution < -0.4 is 5.73 Å². The first-order chi connectivity index (χ1) is 13.0. The van der Waals surface area contributed by atoms with Gasteiger partial charge >= 0.3 is 0 Å². The number of aliphatic hydroxyl groups is 1. The van der Waals surface area contributed by atoms with Crippen LogP contribution in [0.25, 0.3) is 0 Å². The predicted octanol–water partition coefficient (Wildman–Crippen LogP) is 4.73. The molecule has 2 aliphatic carbocycles. The molecular weight excluding hydrogens is 332 g/mol. The number of hydrogen-bond donors (Lipinski definition) is 2. The SMILES string of the molecule is C=C(/C=C1/CC[C@@H](CCc2ccccn2)C/C1=C/C)[C@H]1CC[C@](N)(CO)C1. The number of aliphatic hydroxyl groups excluding tert-OH is 1. The zero-order valence-electron chi connectivity index (χ0n) is 16.7. The molecule has 1 aromatic heterocycles. The summed E-state index contributed by atoms with van der Waals surface area (Å²) in [5.41, 5.74) is 11.2. The fourth-order valence-electron chi connectivity index (χ4n) is 4.64. The van der Waals surface area contributed by atoms with Crippen molar-refractivity contribution >= 4 is 0 Å². The number of nitrogens with two attached hydrogens (primary N) is 1. The predicted molar refractivity (Wildman–Crippen MR) is 112 cm³/mol. The van der Waals surface area contributed by atoms with Gasteiger partial charge in [-0.25, -0.2) is 0 Å². The van der Waals surface area contributed by atoms with E-state index < -0.39 is 5.54 Å². The van der Waals surface area contributed by atoms with Gasteiger partial charge in [-0.1, -0.05) is 30.4 Å². The van der Waals surface area contributed by atoms with Crippen molar-refractivity contribution in [2.24, 2.45) is 17.6 Å². The molecule has 2 saturated carbocycles. The van der Waals surface area contributed by atoms with E-state index in [-0.39, 0.29) is 6.61 Å². The Kier molecular flexibility index (Phi) is 6.67. The summed E-state index contributed by atoms with van der Waals surface area (Å²) in [6, 6.07) is 6.18. The number of pyridine rings is 1. The van der Waals surface area contributed by atoms with Crippen LogP contribution in [0.5, 0.6) is 0 Å². The van der Waals surface area contributed by atoms with E-state index in [2.05, 4.69) is 42.8 Å². The molecule has 0 radical (unpaired) electrons. The molecule has 0 bridgehead atoms. The molecule has 1 aromatic rings. The normalized spacial score (nSPS) is 31.5. The maximum atomic E-state index is 9.50. The van der Waals surface area contributed by atoms with Crippen molar-refractivity contribution in [3.63, 3.8) is 0 Å². The standard InChI is InChI=1S/C24H34N2O/c1-3-20-15-19(8-10-23-6-4-5-13-26-23)7-9-21(20)14-18(2)22-11-12-24(25,16-22)17-27/h3-6,13-14,19,22,27H,2,7-12,15-17,25H2,1H3/b20-3-,21-14-/t19-,22-,24+/m0/s1. The summed E-state index contributed by atoms with van der Waals surface area (Å²) in [6.45, 7) is 6.57. The number of allylic oxidation sites excluding steroid dienone is 5. The summed E-state index contributed by atoms with van der Waals surface area (Å²) in [7, 11) is 0. The molecule has 0 unspecified atom stereocenters. The van der Waals surface area contributed by atoms with Crippen molar-refractivity contribution in [3.05, 3.63) is 65.5 Å². The van der Waals surface area contributed by atoms with Gasteiger partial charge in [0.1, 0.15) is 0 Å². The molecule has 2 fully saturated rings. The third-order valence-corrected chi connectivity index (χ3v) is 6.47. The molecule has 0 aliphatic heterocycles. The molecule has 2 aliphatic rings. The van der Waals surface area contributed by atoms with Crippen LogP contribution in [-0.2, 0) is 6.42 Å². The molecule has 3 nitrogen and oxygen atoms in total. The largest absolute Gasteiger partial charge is 0.394 e. The van der Waals surface area contributed by atoms with E-state index in [0.717, 1.165) is 44.4 Å². The summed E-state index contributed by atoms with van der Waals surface area (Å²) in [6.07, 6.45) is 15.1. The molecule has 146 valence electrons. The first kappa shape index (κ1) is 20.0. The fraction of sp³-hybridized carbons (Fsp3) is 0.542. The Bertz CT molecular complexity index is 706. The minimum Gasteiger partial charge on any atom is -0.394 e. The van der Waals surface area contributed by atoms with Crippen molar-refractivity contribution < 1.29 is 5.11 Å². The lowest BCUT2D eigenvalue weighted by molar-refractivity contribution is 0.197. The summed E-state index contributed by atoms with van der Waals surface area (Å²) in [4.78, 5) is 4.45. The van der Waals surface area contributed by atoms with Gasteiger partial charge in [0.15, 0.2) is 0 Å². The molecule has 3 rings (SSSR count). The third-order valence-electron chi connectivity index (χ3n) is 6.47. The van der Waals surface area contributed by atoms with Gasteiger partial charge in [-0.05, 0) is 93.4 Å². The topological polar surface area (TPSA) is 59.1 Å². The molecule has 3 N–H and O–H groups in total. The van der Waals surface area contributed by atoms with Gasteiger partial charge in [0.25, 0.3) is 0 Å². The Labute approximate surface area is 164 Å². The Balaban J connectivity index is 1.57. The van der Waals surface area contributed by atoms with Crippen molar-refractivity contribution in [2.45, 2.75) is 63.8 Å². The first-order valence-electron chi connectivity index (χ1n) is 10.4. The maximum absolute atomic E-state index is 9.50. The van der Waals surface area contributed by atoms with Crippen molar-refractivity contribution in [1.82, 2.24) is 4.98 Å². The average Bonchev–Trinajstić information content (AvgIpc) is 3.11. The second kappa shape index (κ2) is 8.99. The lowest BCUT2D eigenvalue weighted by atomic mass is 9.78. The van der Waals surface area contributed by atoms with E-state index in [1.54, 1.807) is 0 Å². The smallest absolute Gasteiger partial charge is 0.0611 e. The summed E-state index contributed by atoms with van der Waals surface area (Å²) in [5.74, 6) is 1.15. The van der Waals surface area contributed by atoms with E-state index in [4.69, 9.17) is 5.73 Å². The van der Waals surface area contributed by atoms with Gasteiger partial charge in [-0.15, -0.1) is 0 Å². The van der Waals surface area contributed by atoms with E-state index in [1.165, 1.54) is 35.3 Å². The Morgan fingerprint density at radius 3 is 2.89 bits per heavy atom. The van der Waals surface area contributed by atoms with E-state index in [0.29, 0.717) is 5.92 Å². The van der Waals surface area contributed by atoms with Gasteiger partial charge in [-0.2, -0.15) is 0 Å². The number of nitrogens with zero attached hydrogens (tertiary/aromatic N) is 1. The van der Waals surface area contributed by atoms with Crippen LogP contribution in [0.15, 0.2) is 59.8 Å². The number of aromatic nitrogens is 1. The van der Waals surface area contributed by atoms with E-state index in [1.807, 2.05) is 12.3 Å².